The van der Waals surface area contributed by atoms with Crippen molar-refractivity contribution in [3.63, 3.8) is 0 Å². The smallest absolute Gasteiger partial charge is 0.257 e. The number of benzene rings is 1. The molecule has 1 fully saturated rings. The molecule has 1 aliphatic carbocycles. The number of rotatable bonds is 5. The number of carbonyl (C=O) groups excluding carboxylic acids is 3. The van der Waals surface area contributed by atoms with Gasteiger partial charge in [-0.2, -0.15) is 0 Å². The molecule has 1 aromatic heterocycles. The highest BCUT2D eigenvalue weighted by Crippen LogP contribution is 2.33. The minimum absolute atomic E-state index is 0.00787. The molecule has 7 nitrogen and oxygen atoms in total. The van der Waals surface area contributed by atoms with Gasteiger partial charge in [-0.05, 0) is 31.2 Å². The van der Waals surface area contributed by atoms with E-state index in [1.54, 1.807) is 0 Å². The number of amides is 2. The van der Waals surface area contributed by atoms with Crippen LogP contribution in [0.3, 0.4) is 0 Å². The van der Waals surface area contributed by atoms with Crippen molar-refractivity contribution in [2.24, 2.45) is 5.92 Å². The van der Waals surface area contributed by atoms with Gasteiger partial charge in [0.2, 0.25) is 5.91 Å². The Morgan fingerprint density at radius 3 is 2.71 bits per heavy atom. The number of thiazole rings is 1. The van der Waals surface area contributed by atoms with Gasteiger partial charge in [0.25, 0.3) is 5.91 Å². The van der Waals surface area contributed by atoms with Gasteiger partial charge in [0.1, 0.15) is 5.82 Å². The van der Waals surface area contributed by atoms with Crippen LogP contribution in [0, 0.1) is 11.7 Å². The SMILES string of the molecule is CCCN1CCN(C(=O)C2CC(=O)c3sc(NC(=O)c4cccc(F)c4)nc3C2)CC1. The molecule has 164 valence electrons. The minimum atomic E-state index is -0.502. The lowest BCUT2D eigenvalue weighted by molar-refractivity contribution is -0.137. The zero-order chi connectivity index (χ0) is 22.0. The van der Waals surface area contributed by atoms with Crippen LogP contribution in [0.4, 0.5) is 9.52 Å². The lowest BCUT2D eigenvalue weighted by Crippen LogP contribution is -2.51. The molecule has 9 heteroatoms. The van der Waals surface area contributed by atoms with Gasteiger partial charge in [0.05, 0.1) is 16.5 Å². The first kappa shape index (κ1) is 21.6. The zero-order valence-corrected chi connectivity index (χ0v) is 18.2. The zero-order valence-electron chi connectivity index (χ0n) is 17.4. The molecule has 4 rings (SSSR count). The Balaban J connectivity index is 1.41. The van der Waals surface area contributed by atoms with Crippen LogP contribution in [0.2, 0.25) is 0 Å². The van der Waals surface area contributed by atoms with Crippen molar-refractivity contribution in [1.29, 1.82) is 0 Å². The first-order valence-corrected chi connectivity index (χ1v) is 11.4. The summed E-state index contributed by atoms with van der Waals surface area (Å²) in [4.78, 5) is 47.1. The molecule has 1 N–H and O–H groups in total. The van der Waals surface area contributed by atoms with E-state index in [4.69, 9.17) is 0 Å². The summed E-state index contributed by atoms with van der Waals surface area (Å²) in [5.41, 5.74) is 0.730. The van der Waals surface area contributed by atoms with E-state index in [0.717, 1.165) is 43.5 Å². The number of anilines is 1. The molecule has 0 saturated carbocycles. The van der Waals surface area contributed by atoms with Crippen LogP contribution >= 0.6 is 11.3 Å². The van der Waals surface area contributed by atoms with Crippen molar-refractivity contribution in [2.45, 2.75) is 26.2 Å². The molecular weight excluding hydrogens is 419 g/mol. The van der Waals surface area contributed by atoms with Gasteiger partial charge < -0.3 is 4.90 Å². The number of aromatic nitrogens is 1. The molecule has 0 spiro atoms. The van der Waals surface area contributed by atoms with Gasteiger partial charge in [0.15, 0.2) is 10.9 Å². The number of Topliss-reactive ketones (excluding diaryl/α,β-unsaturated/α-hetero) is 1. The van der Waals surface area contributed by atoms with Gasteiger partial charge in [-0.1, -0.05) is 24.3 Å². The highest BCUT2D eigenvalue weighted by Gasteiger charge is 2.36. The van der Waals surface area contributed by atoms with E-state index < -0.39 is 17.6 Å². The number of nitrogens with zero attached hydrogens (tertiary/aromatic N) is 3. The normalized spacial score (nSPS) is 19.2. The highest BCUT2D eigenvalue weighted by atomic mass is 32.1. The number of fused-ring (bicyclic) bond motifs is 1. The van der Waals surface area contributed by atoms with E-state index in [-0.39, 0.29) is 28.8 Å². The summed E-state index contributed by atoms with van der Waals surface area (Å²) in [6, 6.07) is 5.37. The third-order valence-electron chi connectivity index (χ3n) is 5.70. The molecular formula is C22H25FN4O3S. The Morgan fingerprint density at radius 2 is 2.00 bits per heavy atom. The van der Waals surface area contributed by atoms with Crippen LogP contribution in [0.5, 0.6) is 0 Å². The summed E-state index contributed by atoms with van der Waals surface area (Å²) in [6.45, 7) is 6.27. The predicted molar refractivity (Wildman–Crippen MR) is 116 cm³/mol. The lowest BCUT2D eigenvalue weighted by Gasteiger charge is -2.36. The van der Waals surface area contributed by atoms with Gasteiger partial charge in [-0.3, -0.25) is 24.6 Å². The monoisotopic (exact) mass is 444 g/mol. The van der Waals surface area contributed by atoms with Crippen molar-refractivity contribution in [3.8, 4) is 0 Å². The largest absolute Gasteiger partial charge is 0.340 e. The molecule has 0 bridgehead atoms. The quantitative estimate of drug-likeness (QED) is 0.767. The molecule has 31 heavy (non-hydrogen) atoms. The molecule has 2 aliphatic rings. The van der Waals surface area contributed by atoms with Crippen LogP contribution in [-0.4, -0.2) is 65.1 Å². The minimum Gasteiger partial charge on any atom is -0.340 e. The van der Waals surface area contributed by atoms with E-state index in [9.17, 15) is 18.8 Å². The van der Waals surface area contributed by atoms with Crippen molar-refractivity contribution >= 4 is 34.1 Å². The standard InChI is InChI=1S/C22H25FN4O3S/c1-2-6-26-7-9-27(10-8-26)21(30)15-12-17-19(18(28)13-15)31-22(24-17)25-20(29)14-4-3-5-16(23)11-14/h3-5,11,15H,2,6-10,12-13H2,1H3,(H,24,25,29). The van der Waals surface area contributed by atoms with Crippen LogP contribution in [-0.2, 0) is 11.2 Å². The van der Waals surface area contributed by atoms with Crippen molar-refractivity contribution in [2.75, 3.05) is 38.0 Å². The maximum Gasteiger partial charge on any atom is 0.257 e. The number of hydrogen-bond donors (Lipinski definition) is 1. The fraction of sp³-hybridized carbons (Fsp3) is 0.455. The lowest BCUT2D eigenvalue weighted by atomic mass is 9.88. The van der Waals surface area contributed by atoms with E-state index in [2.05, 4.69) is 22.1 Å². The Labute approximate surface area is 184 Å². The molecule has 2 heterocycles. The topological polar surface area (TPSA) is 82.6 Å². The molecule has 1 unspecified atom stereocenters. The Morgan fingerprint density at radius 1 is 1.23 bits per heavy atom. The summed E-state index contributed by atoms with van der Waals surface area (Å²) in [6.07, 6.45) is 1.65. The Bertz CT molecular complexity index is 1000. The van der Waals surface area contributed by atoms with Crippen LogP contribution in [0.1, 0.15) is 45.5 Å². The average molecular weight is 445 g/mol. The van der Waals surface area contributed by atoms with E-state index in [0.29, 0.717) is 30.1 Å². The third-order valence-corrected chi connectivity index (χ3v) is 6.76. The summed E-state index contributed by atoms with van der Waals surface area (Å²) >= 11 is 1.11. The van der Waals surface area contributed by atoms with Crippen molar-refractivity contribution in [1.82, 2.24) is 14.8 Å². The number of carbonyl (C=O) groups is 3. The maximum absolute atomic E-state index is 13.4. The van der Waals surface area contributed by atoms with Crippen molar-refractivity contribution in [3.05, 3.63) is 46.2 Å². The summed E-state index contributed by atoms with van der Waals surface area (Å²) in [7, 11) is 0. The van der Waals surface area contributed by atoms with E-state index in [1.165, 1.54) is 18.2 Å². The molecule has 1 saturated heterocycles. The van der Waals surface area contributed by atoms with Gasteiger partial charge in [-0.15, -0.1) is 0 Å². The van der Waals surface area contributed by atoms with Gasteiger partial charge in [-0.25, -0.2) is 9.37 Å². The molecule has 2 amide bonds. The predicted octanol–water partition coefficient (Wildman–Crippen LogP) is 2.83. The first-order chi connectivity index (χ1) is 14.9. The molecule has 0 radical (unpaired) electrons. The van der Waals surface area contributed by atoms with Crippen molar-refractivity contribution < 1.29 is 18.8 Å². The average Bonchev–Trinajstić information content (AvgIpc) is 3.17. The van der Waals surface area contributed by atoms with Gasteiger partial charge in [0, 0.05) is 44.6 Å². The van der Waals surface area contributed by atoms with Crippen LogP contribution < -0.4 is 5.32 Å². The number of hydrogen-bond acceptors (Lipinski definition) is 6. The third kappa shape index (κ3) is 4.83. The van der Waals surface area contributed by atoms with Crippen LogP contribution in [0.15, 0.2) is 24.3 Å². The maximum atomic E-state index is 13.4. The summed E-state index contributed by atoms with van der Waals surface area (Å²) in [5, 5.41) is 2.92. The summed E-state index contributed by atoms with van der Waals surface area (Å²) < 4.78 is 13.4. The first-order valence-electron chi connectivity index (χ1n) is 10.6. The molecule has 1 aromatic carbocycles. The molecule has 2 aromatic rings. The number of ketones is 1. The number of piperazine rings is 1. The second-order valence-electron chi connectivity index (χ2n) is 7.95. The van der Waals surface area contributed by atoms with Crippen LogP contribution in [0.25, 0.3) is 0 Å². The highest BCUT2D eigenvalue weighted by molar-refractivity contribution is 7.17. The second-order valence-corrected chi connectivity index (χ2v) is 8.95. The Kier molecular flexibility index (Phi) is 6.43. The number of halogens is 1. The van der Waals surface area contributed by atoms with E-state index in [1.807, 2.05) is 4.90 Å². The fourth-order valence-electron chi connectivity index (χ4n) is 4.12. The second kappa shape index (κ2) is 9.23. The van der Waals surface area contributed by atoms with E-state index >= 15 is 0 Å². The fourth-order valence-corrected chi connectivity index (χ4v) is 5.06. The molecule has 1 aliphatic heterocycles. The number of nitrogens with one attached hydrogen (secondary N) is 1. The van der Waals surface area contributed by atoms with Gasteiger partial charge >= 0.3 is 0 Å². The summed E-state index contributed by atoms with van der Waals surface area (Å²) in [5.74, 6) is -1.51. The molecule has 1 atom stereocenters. The Hall–Kier alpha value is -2.65.